The summed E-state index contributed by atoms with van der Waals surface area (Å²) in [5.41, 5.74) is 0. The molecule has 0 aromatic carbocycles. The van der Waals surface area contributed by atoms with Gasteiger partial charge in [0.1, 0.15) is 0 Å². The molecule has 1 unspecified atom stereocenters. The topological polar surface area (TPSA) is 92.3 Å². The molecule has 1 fully saturated rings. The van der Waals surface area contributed by atoms with Crippen LogP contribution in [0.25, 0.3) is 0 Å². The standard InChI is InChI=1S/C12H18N4O3S3/c1-3-7-20-12-15-14-11(21-12)13-10(17)9-5-4-6-16(8-9)22(2,18)19/h3,9H,1,4-8H2,2H3,(H,13,14,17). The molecular formula is C12H18N4O3S3. The van der Waals surface area contributed by atoms with Gasteiger partial charge in [0.25, 0.3) is 0 Å². The van der Waals surface area contributed by atoms with Crippen molar-refractivity contribution in [3.05, 3.63) is 12.7 Å². The Morgan fingerprint density at radius 1 is 1.59 bits per heavy atom. The van der Waals surface area contributed by atoms with Crippen LogP contribution in [0.4, 0.5) is 5.13 Å². The number of carbonyl (C=O) groups excluding carboxylic acids is 1. The second-order valence-electron chi connectivity index (χ2n) is 4.92. The number of anilines is 1. The second-order valence-corrected chi connectivity index (χ2v) is 9.15. The van der Waals surface area contributed by atoms with E-state index in [0.717, 1.165) is 10.1 Å². The van der Waals surface area contributed by atoms with E-state index >= 15 is 0 Å². The molecule has 1 aliphatic heterocycles. The molecule has 0 saturated carbocycles. The Hall–Kier alpha value is -0.970. The Morgan fingerprint density at radius 2 is 2.36 bits per heavy atom. The molecule has 1 aliphatic rings. The van der Waals surface area contributed by atoms with Crippen molar-refractivity contribution in [3.8, 4) is 0 Å². The van der Waals surface area contributed by atoms with Crippen LogP contribution >= 0.6 is 23.1 Å². The molecule has 1 amide bonds. The van der Waals surface area contributed by atoms with Gasteiger partial charge >= 0.3 is 0 Å². The molecule has 1 N–H and O–H groups in total. The Balaban J connectivity index is 1.94. The number of thioether (sulfide) groups is 1. The number of rotatable bonds is 6. The van der Waals surface area contributed by atoms with Crippen LogP contribution in [0.1, 0.15) is 12.8 Å². The second kappa shape index (κ2) is 7.53. The van der Waals surface area contributed by atoms with Crippen molar-refractivity contribution in [2.45, 2.75) is 17.2 Å². The van der Waals surface area contributed by atoms with Gasteiger partial charge in [-0.05, 0) is 12.8 Å². The van der Waals surface area contributed by atoms with Crippen molar-refractivity contribution in [1.29, 1.82) is 0 Å². The molecule has 0 radical (unpaired) electrons. The van der Waals surface area contributed by atoms with Crippen LogP contribution in [0.2, 0.25) is 0 Å². The first-order valence-electron chi connectivity index (χ1n) is 6.73. The zero-order valence-electron chi connectivity index (χ0n) is 12.2. The van der Waals surface area contributed by atoms with Crippen molar-refractivity contribution < 1.29 is 13.2 Å². The van der Waals surface area contributed by atoms with Crippen molar-refractivity contribution in [2.24, 2.45) is 5.92 Å². The summed E-state index contributed by atoms with van der Waals surface area (Å²) in [4.78, 5) is 12.2. The van der Waals surface area contributed by atoms with Crippen LogP contribution in [0, 0.1) is 5.92 Å². The average molecular weight is 363 g/mol. The van der Waals surface area contributed by atoms with Gasteiger partial charge in [0.2, 0.25) is 21.1 Å². The van der Waals surface area contributed by atoms with Gasteiger partial charge in [-0.1, -0.05) is 29.2 Å². The SMILES string of the molecule is C=CCSc1nnc(NC(=O)C2CCCN(S(C)(=O)=O)C2)s1. The summed E-state index contributed by atoms with van der Waals surface area (Å²) in [5, 5.41) is 11.1. The summed E-state index contributed by atoms with van der Waals surface area (Å²) in [7, 11) is -3.26. The quantitative estimate of drug-likeness (QED) is 0.467. The number of nitrogens with one attached hydrogen (secondary N) is 1. The molecule has 1 atom stereocenters. The average Bonchev–Trinajstić information content (AvgIpc) is 2.92. The first-order chi connectivity index (χ1) is 10.4. The molecule has 0 bridgehead atoms. The predicted molar refractivity (Wildman–Crippen MR) is 88.6 cm³/mol. The lowest BCUT2D eigenvalue weighted by Crippen LogP contribution is -2.43. The summed E-state index contributed by atoms with van der Waals surface area (Å²) < 4.78 is 25.3. The van der Waals surface area contributed by atoms with E-state index < -0.39 is 10.0 Å². The van der Waals surface area contributed by atoms with Crippen LogP contribution in [-0.4, -0.2) is 53.9 Å². The molecule has 0 aliphatic carbocycles. The molecular weight excluding hydrogens is 344 g/mol. The number of aromatic nitrogens is 2. The summed E-state index contributed by atoms with van der Waals surface area (Å²) in [6.07, 6.45) is 4.30. The van der Waals surface area contributed by atoms with E-state index in [9.17, 15) is 13.2 Å². The first-order valence-corrected chi connectivity index (χ1v) is 10.4. The number of hydrogen-bond donors (Lipinski definition) is 1. The molecule has 22 heavy (non-hydrogen) atoms. The molecule has 7 nitrogen and oxygen atoms in total. The van der Waals surface area contributed by atoms with E-state index in [1.807, 2.05) is 0 Å². The van der Waals surface area contributed by atoms with Crippen LogP contribution in [0.5, 0.6) is 0 Å². The molecule has 2 heterocycles. The minimum absolute atomic E-state index is 0.204. The molecule has 1 saturated heterocycles. The number of nitrogens with zero attached hydrogens (tertiary/aromatic N) is 3. The van der Waals surface area contributed by atoms with E-state index in [4.69, 9.17) is 0 Å². The van der Waals surface area contributed by atoms with Crippen molar-refractivity contribution in [1.82, 2.24) is 14.5 Å². The monoisotopic (exact) mass is 362 g/mol. The summed E-state index contributed by atoms with van der Waals surface area (Å²) in [6.45, 7) is 4.33. The zero-order valence-corrected chi connectivity index (χ0v) is 14.6. The van der Waals surface area contributed by atoms with Crippen molar-refractivity contribution >= 4 is 44.2 Å². The minimum atomic E-state index is -3.26. The van der Waals surface area contributed by atoms with Gasteiger partial charge in [0.15, 0.2) is 4.34 Å². The zero-order chi connectivity index (χ0) is 16.2. The van der Waals surface area contributed by atoms with Gasteiger partial charge in [-0.3, -0.25) is 4.79 Å². The normalized spacial score (nSPS) is 19.8. The highest BCUT2D eigenvalue weighted by Gasteiger charge is 2.30. The fourth-order valence-electron chi connectivity index (χ4n) is 2.11. The number of amides is 1. The fraction of sp³-hybridized carbons (Fsp3) is 0.583. The third kappa shape index (κ3) is 4.77. The summed E-state index contributed by atoms with van der Waals surface area (Å²) in [6, 6.07) is 0. The number of carbonyl (C=O) groups is 1. The van der Waals surface area contributed by atoms with Crippen LogP contribution < -0.4 is 5.32 Å². The van der Waals surface area contributed by atoms with Crippen LogP contribution in [-0.2, 0) is 14.8 Å². The van der Waals surface area contributed by atoms with E-state index in [2.05, 4.69) is 22.1 Å². The van der Waals surface area contributed by atoms with E-state index in [-0.39, 0.29) is 18.4 Å². The maximum atomic E-state index is 12.2. The Labute approximate surface area is 138 Å². The number of piperidine rings is 1. The van der Waals surface area contributed by atoms with Gasteiger partial charge in [-0.25, -0.2) is 12.7 Å². The van der Waals surface area contributed by atoms with Gasteiger partial charge in [-0.15, -0.1) is 16.8 Å². The molecule has 10 heteroatoms. The van der Waals surface area contributed by atoms with E-state index in [1.165, 1.54) is 33.7 Å². The Kier molecular flexibility index (Phi) is 5.95. The Bertz CT molecular complexity index is 644. The summed E-state index contributed by atoms with van der Waals surface area (Å²) in [5.74, 6) is 0.176. The smallest absolute Gasteiger partial charge is 0.230 e. The van der Waals surface area contributed by atoms with Crippen LogP contribution in [0.3, 0.4) is 0 Å². The highest BCUT2D eigenvalue weighted by Crippen LogP contribution is 2.26. The Morgan fingerprint density at radius 3 is 3.05 bits per heavy atom. The highest BCUT2D eigenvalue weighted by atomic mass is 32.2. The van der Waals surface area contributed by atoms with Gasteiger partial charge in [0, 0.05) is 18.8 Å². The minimum Gasteiger partial charge on any atom is -0.300 e. The fourth-order valence-corrected chi connectivity index (χ4v) is 4.54. The highest BCUT2D eigenvalue weighted by molar-refractivity contribution is 8.01. The van der Waals surface area contributed by atoms with Gasteiger partial charge < -0.3 is 5.32 Å². The summed E-state index contributed by atoms with van der Waals surface area (Å²) >= 11 is 2.80. The van der Waals surface area contributed by atoms with Crippen molar-refractivity contribution in [3.63, 3.8) is 0 Å². The number of sulfonamides is 1. The molecule has 1 aromatic heterocycles. The van der Waals surface area contributed by atoms with Gasteiger partial charge in [0.05, 0.1) is 12.2 Å². The maximum Gasteiger partial charge on any atom is 0.230 e. The van der Waals surface area contributed by atoms with E-state index in [0.29, 0.717) is 24.5 Å². The molecule has 0 spiro atoms. The maximum absolute atomic E-state index is 12.2. The molecule has 1 aromatic rings. The third-order valence-corrected chi connectivity index (χ3v) is 6.42. The molecule has 122 valence electrons. The lowest BCUT2D eigenvalue weighted by Gasteiger charge is -2.29. The third-order valence-electron chi connectivity index (χ3n) is 3.19. The van der Waals surface area contributed by atoms with Crippen molar-refractivity contribution in [2.75, 3.05) is 30.4 Å². The van der Waals surface area contributed by atoms with E-state index in [1.54, 1.807) is 6.08 Å². The molecule has 2 rings (SSSR count). The largest absolute Gasteiger partial charge is 0.300 e. The predicted octanol–water partition coefficient (Wildman–Crippen LogP) is 1.43. The number of hydrogen-bond acceptors (Lipinski definition) is 7. The lowest BCUT2D eigenvalue weighted by atomic mass is 9.99. The van der Waals surface area contributed by atoms with Crippen LogP contribution in [0.15, 0.2) is 17.0 Å². The lowest BCUT2D eigenvalue weighted by molar-refractivity contribution is -0.120. The van der Waals surface area contributed by atoms with Gasteiger partial charge in [-0.2, -0.15) is 0 Å². The first kappa shape index (κ1) is 17.4.